The van der Waals surface area contributed by atoms with Gasteiger partial charge in [0, 0.05) is 10.9 Å². The lowest BCUT2D eigenvalue weighted by molar-refractivity contribution is -0.123. The summed E-state index contributed by atoms with van der Waals surface area (Å²) in [6.45, 7) is 0.199. The van der Waals surface area contributed by atoms with Gasteiger partial charge < -0.3 is 9.47 Å². The van der Waals surface area contributed by atoms with Crippen molar-refractivity contribution in [3.05, 3.63) is 94.5 Å². The summed E-state index contributed by atoms with van der Waals surface area (Å²) in [4.78, 5) is 24.7. The maximum Gasteiger partial charge on any atom is 0.276 e. The second-order valence-corrected chi connectivity index (χ2v) is 8.11. The van der Waals surface area contributed by atoms with Crippen LogP contribution in [-0.2, 0) is 11.2 Å². The summed E-state index contributed by atoms with van der Waals surface area (Å²) in [5.74, 6) is 0.0637. The van der Waals surface area contributed by atoms with E-state index in [2.05, 4.69) is 32.1 Å². The Morgan fingerprint density at radius 3 is 2.30 bits per heavy atom. The van der Waals surface area contributed by atoms with Gasteiger partial charge in [0.1, 0.15) is 11.5 Å². The Labute approximate surface area is 205 Å². The molecule has 0 aliphatic carbocycles. The van der Waals surface area contributed by atoms with E-state index in [-0.39, 0.29) is 11.7 Å². The lowest BCUT2D eigenvalue weighted by atomic mass is 10.1. The monoisotopic (exact) mass is 527 g/mol. The number of nitrogens with one attached hydrogen (secondary N) is 3. The van der Waals surface area contributed by atoms with Crippen molar-refractivity contribution in [2.75, 3.05) is 13.2 Å². The molecule has 0 unspecified atom stereocenters. The first kappa shape index (κ1) is 24.2. The van der Waals surface area contributed by atoms with Crippen LogP contribution in [0.2, 0.25) is 0 Å². The Hall–Kier alpha value is -3.43. The highest BCUT2D eigenvalue weighted by Gasteiger charge is 2.15. The Kier molecular flexibility index (Phi) is 9.22. The topological polar surface area (TPSA) is 88.7 Å². The minimum Gasteiger partial charge on any atom is -0.492 e. The summed E-state index contributed by atoms with van der Waals surface area (Å²) in [5, 5.41) is 2.46. The number of hydrogen-bond donors (Lipinski definition) is 3. The predicted molar refractivity (Wildman–Crippen MR) is 133 cm³/mol. The average molecular weight is 528 g/mol. The van der Waals surface area contributed by atoms with Crippen molar-refractivity contribution in [2.45, 2.75) is 6.42 Å². The van der Waals surface area contributed by atoms with Gasteiger partial charge in [-0.15, -0.1) is 0 Å². The molecule has 7 nitrogen and oxygen atoms in total. The molecule has 3 rings (SSSR count). The number of para-hydroxylation sites is 1. The minimum atomic E-state index is -0.474. The Balaban J connectivity index is 1.48. The summed E-state index contributed by atoms with van der Waals surface area (Å²) in [7, 11) is 0. The van der Waals surface area contributed by atoms with Gasteiger partial charge in [0.05, 0.1) is 12.2 Å². The quantitative estimate of drug-likeness (QED) is 0.305. The predicted octanol–water partition coefficient (Wildman–Crippen LogP) is 3.79. The molecule has 33 heavy (non-hydrogen) atoms. The van der Waals surface area contributed by atoms with Crippen LogP contribution in [0.15, 0.2) is 83.3 Å². The summed E-state index contributed by atoms with van der Waals surface area (Å²) < 4.78 is 11.9. The zero-order chi connectivity index (χ0) is 23.5. The zero-order valence-corrected chi connectivity index (χ0v) is 19.9. The van der Waals surface area contributed by atoms with E-state index in [1.54, 1.807) is 42.5 Å². The van der Waals surface area contributed by atoms with Crippen molar-refractivity contribution in [1.29, 1.82) is 0 Å². The van der Waals surface area contributed by atoms with Gasteiger partial charge in [-0.05, 0) is 48.1 Å². The minimum absolute atomic E-state index is 0.0664. The molecule has 2 amide bonds. The second-order valence-electron chi connectivity index (χ2n) is 6.78. The van der Waals surface area contributed by atoms with E-state index < -0.39 is 11.8 Å². The van der Waals surface area contributed by atoms with Crippen LogP contribution in [0.25, 0.3) is 0 Å². The fraction of sp³-hybridized carbons (Fsp3) is 0.125. The lowest BCUT2D eigenvalue weighted by Gasteiger charge is -2.14. The molecule has 0 aromatic heterocycles. The number of carbonyl (C=O) groups excluding carboxylic acids is 2. The zero-order valence-electron chi connectivity index (χ0n) is 17.5. The number of hydrazine groups is 1. The molecule has 3 aromatic rings. The van der Waals surface area contributed by atoms with Crippen LogP contribution in [0.4, 0.5) is 0 Å². The number of benzene rings is 3. The molecule has 0 saturated heterocycles. The number of amides is 2. The van der Waals surface area contributed by atoms with Crippen molar-refractivity contribution >= 4 is 45.1 Å². The second kappa shape index (κ2) is 12.6. The van der Waals surface area contributed by atoms with Crippen LogP contribution in [0.3, 0.4) is 0 Å². The van der Waals surface area contributed by atoms with Crippen molar-refractivity contribution in [3.8, 4) is 11.5 Å². The van der Waals surface area contributed by atoms with Crippen LogP contribution in [0.1, 0.15) is 15.9 Å². The number of thiocarbonyl (C=S) groups is 1. The molecule has 170 valence electrons. The van der Waals surface area contributed by atoms with Crippen molar-refractivity contribution < 1.29 is 19.1 Å². The van der Waals surface area contributed by atoms with Gasteiger partial charge in [0.25, 0.3) is 11.8 Å². The molecule has 0 aliphatic rings. The molecule has 3 N–H and O–H groups in total. The third kappa shape index (κ3) is 8.21. The molecule has 3 aromatic carbocycles. The van der Waals surface area contributed by atoms with E-state index in [0.29, 0.717) is 34.6 Å². The molecule has 9 heteroatoms. The highest BCUT2D eigenvalue weighted by atomic mass is 79.9. The molecule has 0 fully saturated rings. The maximum atomic E-state index is 12.7. The molecule has 0 bridgehead atoms. The summed E-state index contributed by atoms with van der Waals surface area (Å²) in [5.41, 5.74) is 6.31. The standard InChI is InChI=1S/C24H22BrN3O4S/c25-18-11-12-21(31-14-13-17-7-3-1-4-8-17)20(15-18)23(30)26-24(33)28-27-22(29)16-32-19-9-5-2-6-10-19/h1-12,15H,13-14,16H2,(H,27,29)(H2,26,28,30,33). The molecule has 0 radical (unpaired) electrons. The van der Waals surface area contributed by atoms with Crippen molar-refractivity contribution in [3.63, 3.8) is 0 Å². The third-order valence-electron chi connectivity index (χ3n) is 4.33. The molecule has 0 saturated carbocycles. The van der Waals surface area contributed by atoms with Crippen LogP contribution >= 0.6 is 28.1 Å². The van der Waals surface area contributed by atoms with E-state index in [1.165, 1.54) is 0 Å². The summed E-state index contributed by atoms with van der Waals surface area (Å²) in [6, 6.07) is 24.0. The average Bonchev–Trinajstić information content (AvgIpc) is 2.83. The molecule has 0 spiro atoms. The normalized spacial score (nSPS) is 10.1. The number of carbonyl (C=O) groups is 2. The number of halogens is 1. The fourth-order valence-corrected chi connectivity index (χ4v) is 3.26. The smallest absolute Gasteiger partial charge is 0.276 e. The van der Waals surface area contributed by atoms with E-state index in [4.69, 9.17) is 21.7 Å². The largest absolute Gasteiger partial charge is 0.492 e. The van der Waals surface area contributed by atoms with Crippen LogP contribution in [-0.4, -0.2) is 30.1 Å². The van der Waals surface area contributed by atoms with Gasteiger partial charge >= 0.3 is 0 Å². The van der Waals surface area contributed by atoms with Gasteiger partial charge in [-0.1, -0.05) is 64.5 Å². The number of rotatable bonds is 8. The summed E-state index contributed by atoms with van der Waals surface area (Å²) in [6.07, 6.45) is 0.703. The highest BCUT2D eigenvalue weighted by molar-refractivity contribution is 9.10. The van der Waals surface area contributed by atoms with Crippen molar-refractivity contribution in [1.82, 2.24) is 16.2 Å². The van der Waals surface area contributed by atoms with E-state index >= 15 is 0 Å². The molecule has 0 aliphatic heterocycles. The summed E-state index contributed by atoms with van der Waals surface area (Å²) >= 11 is 8.47. The number of hydrogen-bond acceptors (Lipinski definition) is 5. The van der Waals surface area contributed by atoms with E-state index in [9.17, 15) is 9.59 Å². The number of ether oxygens (including phenoxy) is 2. The first-order valence-corrected chi connectivity index (χ1v) is 11.3. The first-order chi connectivity index (χ1) is 16.0. The van der Waals surface area contributed by atoms with Crippen molar-refractivity contribution in [2.24, 2.45) is 0 Å². The fourth-order valence-electron chi connectivity index (χ4n) is 2.76. The lowest BCUT2D eigenvalue weighted by Crippen LogP contribution is -2.49. The first-order valence-electron chi connectivity index (χ1n) is 10.1. The SMILES string of the molecule is O=C(COc1ccccc1)NNC(=S)NC(=O)c1cc(Br)ccc1OCCc1ccccc1. The van der Waals surface area contributed by atoms with Crippen LogP contribution in [0.5, 0.6) is 11.5 Å². The Bertz CT molecular complexity index is 1100. The molecule has 0 heterocycles. The van der Waals surface area contributed by atoms with Crippen LogP contribution in [0, 0.1) is 0 Å². The van der Waals surface area contributed by atoms with Gasteiger partial charge in [0.2, 0.25) is 0 Å². The highest BCUT2D eigenvalue weighted by Crippen LogP contribution is 2.23. The van der Waals surface area contributed by atoms with E-state index in [1.807, 2.05) is 36.4 Å². The molecular weight excluding hydrogens is 506 g/mol. The molecular formula is C24H22BrN3O4S. The Morgan fingerprint density at radius 2 is 1.58 bits per heavy atom. The maximum absolute atomic E-state index is 12.7. The third-order valence-corrected chi connectivity index (χ3v) is 5.03. The molecule has 0 atom stereocenters. The van der Waals surface area contributed by atoms with Gasteiger partial charge in [-0.2, -0.15) is 0 Å². The van der Waals surface area contributed by atoms with Gasteiger partial charge in [0.15, 0.2) is 11.7 Å². The van der Waals surface area contributed by atoms with Gasteiger partial charge in [-0.25, -0.2) is 0 Å². The van der Waals surface area contributed by atoms with Gasteiger partial charge in [-0.3, -0.25) is 25.8 Å². The van der Waals surface area contributed by atoms with E-state index in [0.717, 1.165) is 5.56 Å². The Morgan fingerprint density at radius 1 is 0.879 bits per heavy atom. The van der Waals surface area contributed by atoms with Crippen LogP contribution < -0.4 is 25.6 Å².